The van der Waals surface area contributed by atoms with Crippen molar-refractivity contribution in [2.45, 2.75) is 11.8 Å². The number of benzene rings is 3. The number of hydrogen-bond acceptors (Lipinski definition) is 7. The van der Waals surface area contributed by atoms with Crippen LogP contribution in [-0.2, 0) is 10.1 Å². The number of nitro groups is 1. The first-order valence-corrected chi connectivity index (χ1v) is 11.0. The molecule has 1 aromatic heterocycles. The van der Waals surface area contributed by atoms with Crippen LogP contribution in [0.4, 0.5) is 5.69 Å². The Hall–Kier alpha value is -3.69. The molecule has 10 heteroatoms. The average molecular weight is 472 g/mol. The molecule has 0 spiro atoms. The van der Waals surface area contributed by atoms with Crippen LogP contribution in [0, 0.1) is 17.0 Å². The monoisotopic (exact) mass is 471 g/mol. The van der Waals surface area contributed by atoms with E-state index in [1.54, 1.807) is 24.3 Å². The van der Waals surface area contributed by atoms with Gasteiger partial charge >= 0.3 is 10.1 Å². The Bertz CT molecular complexity index is 1530. The fraction of sp³-hybridized carbons (Fsp3) is 0.0455. The molecule has 0 atom stereocenters. The van der Waals surface area contributed by atoms with Gasteiger partial charge in [0.2, 0.25) is 0 Å². The van der Waals surface area contributed by atoms with Gasteiger partial charge in [0.15, 0.2) is 5.43 Å². The Morgan fingerprint density at radius 2 is 1.78 bits per heavy atom. The van der Waals surface area contributed by atoms with Crippen molar-refractivity contribution in [3.63, 3.8) is 0 Å². The predicted octanol–water partition coefficient (Wildman–Crippen LogP) is 5.10. The molecule has 0 unspecified atom stereocenters. The molecule has 3 aromatic carbocycles. The molecule has 0 aliphatic rings. The summed E-state index contributed by atoms with van der Waals surface area (Å²) in [7, 11) is -4.45. The molecule has 0 amide bonds. The highest BCUT2D eigenvalue weighted by molar-refractivity contribution is 7.87. The molecule has 0 fully saturated rings. The molecule has 4 aromatic rings. The summed E-state index contributed by atoms with van der Waals surface area (Å²) >= 11 is 5.96. The van der Waals surface area contributed by atoms with Crippen molar-refractivity contribution >= 4 is 38.4 Å². The van der Waals surface area contributed by atoms with E-state index in [4.69, 9.17) is 20.2 Å². The Kier molecular flexibility index (Phi) is 5.45. The number of halogens is 1. The first kappa shape index (κ1) is 21.5. The predicted molar refractivity (Wildman–Crippen MR) is 119 cm³/mol. The minimum atomic E-state index is -4.45. The second-order valence-corrected chi connectivity index (χ2v) is 8.80. The van der Waals surface area contributed by atoms with Crippen LogP contribution in [0.2, 0.25) is 5.02 Å². The van der Waals surface area contributed by atoms with Crippen molar-refractivity contribution < 1.29 is 21.9 Å². The van der Waals surface area contributed by atoms with Crippen LogP contribution in [0.15, 0.2) is 81.0 Å². The third-order valence-corrected chi connectivity index (χ3v) is 6.43. The molecular weight excluding hydrogens is 458 g/mol. The molecule has 0 saturated carbocycles. The van der Waals surface area contributed by atoms with Crippen LogP contribution in [0.5, 0.6) is 5.75 Å². The lowest BCUT2D eigenvalue weighted by atomic mass is 10.1. The van der Waals surface area contributed by atoms with Gasteiger partial charge in [-0.2, -0.15) is 8.42 Å². The topological polar surface area (TPSA) is 117 Å². The summed E-state index contributed by atoms with van der Waals surface area (Å²) in [6, 6.07) is 14.9. The highest BCUT2D eigenvalue weighted by Gasteiger charge is 2.24. The van der Waals surface area contributed by atoms with E-state index in [1.807, 2.05) is 6.07 Å². The van der Waals surface area contributed by atoms with Gasteiger partial charge in [-0.25, -0.2) is 0 Å². The molecule has 32 heavy (non-hydrogen) atoms. The molecule has 8 nitrogen and oxygen atoms in total. The van der Waals surface area contributed by atoms with Gasteiger partial charge in [0.05, 0.1) is 20.9 Å². The lowest BCUT2D eigenvalue weighted by Gasteiger charge is -2.09. The molecule has 0 saturated heterocycles. The Morgan fingerprint density at radius 3 is 2.47 bits per heavy atom. The summed E-state index contributed by atoms with van der Waals surface area (Å²) < 4.78 is 36.0. The standard InChI is InChI=1S/C22H14ClNO7S/c1-13-19(23)10-16(11-20(13)24(26)27)32(28,29)31-15-7-8-17-21(9-15)30-12-18(22(17)25)14-5-3-2-4-6-14/h2-12H,1H3. The Labute approximate surface area is 186 Å². The minimum absolute atomic E-state index is 0.0840. The van der Waals surface area contributed by atoms with E-state index < -0.39 is 25.6 Å². The third-order valence-electron chi connectivity index (χ3n) is 4.81. The highest BCUT2D eigenvalue weighted by Crippen LogP contribution is 2.31. The zero-order valence-electron chi connectivity index (χ0n) is 16.4. The van der Waals surface area contributed by atoms with Gasteiger partial charge in [0.1, 0.15) is 22.5 Å². The number of nitrogens with zero attached hydrogens (tertiary/aromatic N) is 1. The Morgan fingerprint density at radius 1 is 1.06 bits per heavy atom. The zero-order chi connectivity index (χ0) is 23.0. The maximum Gasteiger partial charge on any atom is 0.339 e. The molecule has 0 N–H and O–H groups in total. The molecule has 0 bridgehead atoms. The average Bonchev–Trinajstić information content (AvgIpc) is 2.75. The SMILES string of the molecule is Cc1c(Cl)cc(S(=O)(=O)Oc2ccc3c(=O)c(-c4ccccc4)coc3c2)cc1[N+](=O)[O-]. The van der Waals surface area contributed by atoms with Gasteiger partial charge in [0.25, 0.3) is 5.69 Å². The van der Waals surface area contributed by atoms with Crippen molar-refractivity contribution in [1.82, 2.24) is 0 Å². The van der Waals surface area contributed by atoms with Crippen molar-refractivity contribution in [2.24, 2.45) is 0 Å². The molecule has 4 rings (SSSR count). The summed E-state index contributed by atoms with van der Waals surface area (Å²) in [5.41, 5.74) is 0.572. The lowest BCUT2D eigenvalue weighted by Crippen LogP contribution is -2.11. The first-order chi connectivity index (χ1) is 15.2. The molecular formula is C22H14ClNO7S. The van der Waals surface area contributed by atoms with Crippen molar-refractivity contribution in [2.75, 3.05) is 0 Å². The lowest BCUT2D eigenvalue weighted by molar-refractivity contribution is -0.385. The van der Waals surface area contributed by atoms with Gasteiger partial charge in [0, 0.05) is 17.7 Å². The summed E-state index contributed by atoms with van der Waals surface area (Å²) in [5.74, 6) is -0.132. The van der Waals surface area contributed by atoms with Crippen molar-refractivity contribution in [3.05, 3.63) is 97.9 Å². The van der Waals surface area contributed by atoms with Crippen molar-refractivity contribution in [1.29, 1.82) is 0 Å². The van der Waals surface area contributed by atoms with Crippen LogP contribution >= 0.6 is 11.6 Å². The Balaban J connectivity index is 1.72. The number of rotatable bonds is 5. The molecule has 0 aliphatic carbocycles. The van der Waals surface area contributed by atoms with E-state index >= 15 is 0 Å². The quantitative estimate of drug-likeness (QED) is 0.226. The van der Waals surface area contributed by atoms with Gasteiger partial charge in [-0.05, 0) is 30.7 Å². The summed E-state index contributed by atoms with van der Waals surface area (Å²) in [6.07, 6.45) is 1.29. The number of fused-ring (bicyclic) bond motifs is 1. The van der Waals surface area contributed by atoms with Crippen LogP contribution in [0.25, 0.3) is 22.1 Å². The van der Waals surface area contributed by atoms with Crippen LogP contribution in [-0.4, -0.2) is 13.3 Å². The van der Waals surface area contributed by atoms with Gasteiger partial charge in [-0.3, -0.25) is 14.9 Å². The van der Waals surface area contributed by atoms with E-state index in [1.165, 1.54) is 31.4 Å². The zero-order valence-corrected chi connectivity index (χ0v) is 18.0. The van der Waals surface area contributed by atoms with E-state index in [9.17, 15) is 23.3 Å². The summed E-state index contributed by atoms with van der Waals surface area (Å²) in [6.45, 7) is 1.41. The second kappa shape index (κ2) is 8.10. The van der Waals surface area contributed by atoms with Crippen LogP contribution in [0.1, 0.15) is 5.56 Å². The van der Waals surface area contributed by atoms with Gasteiger partial charge < -0.3 is 8.60 Å². The second-order valence-electron chi connectivity index (χ2n) is 6.85. The van der Waals surface area contributed by atoms with E-state index in [0.29, 0.717) is 11.1 Å². The number of hydrogen-bond donors (Lipinski definition) is 0. The normalized spacial score (nSPS) is 11.4. The summed E-state index contributed by atoms with van der Waals surface area (Å²) in [4.78, 5) is 22.8. The molecule has 0 aliphatic heterocycles. The van der Waals surface area contributed by atoms with E-state index in [2.05, 4.69) is 0 Å². The smallest absolute Gasteiger partial charge is 0.339 e. The maximum atomic E-state index is 12.8. The highest BCUT2D eigenvalue weighted by atomic mass is 35.5. The van der Waals surface area contributed by atoms with Gasteiger partial charge in [-0.1, -0.05) is 41.9 Å². The maximum absolute atomic E-state index is 12.8. The third kappa shape index (κ3) is 3.95. The van der Waals surface area contributed by atoms with E-state index in [-0.39, 0.29) is 32.7 Å². The minimum Gasteiger partial charge on any atom is -0.463 e. The van der Waals surface area contributed by atoms with Gasteiger partial charge in [-0.15, -0.1) is 0 Å². The fourth-order valence-corrected chi connectivity index (χ4v) is 4.38. The molecule has 1 heterocycles. The summed E-state index contributed by atoms with van der Waals surface area (Å²) in [5, 5.41) is 11.3. The molecule has 0 radical (unpaired) electrons. The fourth-order valence-electron chi connectivity index (χ4n) is 3.13. The van der Waals surface area contributed by atoms with Crippen molar-refractivity contribution in [3.8, 4) is 16.9 Å². The number of nitro benzene ring substituents is 1. The van der Waals surface area contributed by atoms with Crippen LogP contribution < -0.4 is 9.61 Å². The molecule has 162 valence electrons. The largest absolute Gasteiger partial charge is 0.463 e. The van der Waals surface area contributed by atoms with Crippen LogP contribution in [0.3, 0.4) is 0 Å². The van der Waals surface area contributed by atoms with E-state index in [0.717, 1.165) is 12.1 Å². The first-order valence-electron chi connectivity index (χ1n) is 9.17.